The second-order valence-electron chi connectivity index (χ2n) is 1.80. The summed E-state index contributed by atoms with van der Waals surface area (Å²) in [6.45, 7) is 0. The van der Waals surface area contributed by atoms with Crippen LogP contribution in [0.5, 0.6) is 0 Å². The van der Waals surface area contributed by atoms with E-state index in [-0.39, 0.29) is 5.30 Å². The molecule has 0 unspecified atom stereocenters. The van der Waals surface area contributed by atoms with Crippen LogP contribution in [0.2, 0.25) is 0 Å². The van der Waals surface area contributed by atoms with E-state index in [1.165, 1.54) is 6.07 Å². The topological polar surface area (TPSA) is 57.5 Å². The van der Waals surface area contributed by atoms with Gasteiger partial charge in [0.25, 0.3) is 0 Å². The van der Waals surface area contributed by atoms with Crippen molar-refractivity contribution in [3.63, 3.8) is 0 Å². The molecule has 2 N–H and O–H groups in total. The molecule has 0 saturated carbocycles. The van der Waals surface area contributed by atoms with Crippen molar-refractivity contribution in [2.75, 3.05) is 0 Å². The first-order chi connectivity index (χ1) is 4.52. The summed E-state index contributed by atoms with van der Waals surface area (Å²) in [5, 5.41) is 0.119. The SMILES string of the molecule is O=P(O)(O)[c-]1cccc1I. The Hall–Kier alpha value is 0.230. The first-order valence-electron chi connectivity index (χ1n) is 2.49. The van der Waals surface area contributed by atoms with Gasteiger partial charge in [-0.1, -0.05) is 26.2 Å². The van der Waals surface area contributed by atoms with E-state index in [0.29, 0.717) is 3.57 Å². The van der Waals surface area contributed by atoms with Gasteiger partial charge in [0.1, 0.15) is 0 Å². The van der Waals surface area contributed by atoms with Crippen molar-refractivity contribution in [3.05, 3.63) is 21.8 Å². The van der Waals surface area contributed by atoms with Crippen molar-refractivity contribution < 1.29 is 14.4 Å². The van der Waals surface area contributed by atoms with Crippen LogP contribution in [0.3, 0.4) is 0 Å². The molecule has 0 aliphatic heterocycles. The Labute approximate surface area is 71.7 Å². The zero-order chi connectivity index (χ0) is 7.78. The summed E-state index contributed by atoms with van der Waals surface area (Å²) in [5.74, 6) is 0. The average Bonchev–Trinajstić information content (AvgIpc) is 2.11. The molecule has 3 nitrogen and oxygen atoms in total. The van der Waals surface area contributed by atoms with Gasteiger partial charge in [-0.2, -0.15) is 12.1 Å². The molecular weight excluding hydrogens is 266 g/mol. The molecule has 0 radical (unpaired) electrons. The predicted octanol–water partition coefficient (Wildman–Crippen LogP) is 0.813. The number of halogens is 1. The summed E-state index contributed by atoms with van der Waals surface area (Å²) in [7, 11) is -4.02. The van der Waals surface area contributed by atoms with Crippen molar-refractivity contribution in [3.8, 4) is 0 Å². The van der Waals surface area contributed by atoms with E-state index in [1.54, 1.807) is 12.1 Å². The molecule has 0 aromatic heterocycles. The van der Waals surface area contributed by atoms with E-state index in [1.807, 2.05) is 22.6 Å². The van der Waals surface area contributed by atoms with Gasteiger partial charge in [0, 0.05) is 0 Å². The third-order valence-electron chi connectivity index (χ3n) is 1.06. The van der Waals surface area contributed by atoms with Gasteiger partial charge >= 0.3 is 7.60 Å². The van der Waals surface area contributed by atoms with Gasteiger partial charge < -0.3 is 9.79 Å². The minimum atomic E-state index is -4.02. The summed E-state index contributed by atoms with van der Waals surface area (Å²) < 4.78 is 11.2. The van der Waals surface area contributed by atoms with E-state index >= 15 is 0 Å². The molecule has 1 aromatic rings. The van der Waals surface area contributed by atoms with Crippen LogP contribution < -0.4 is 5.30 Å². The van der Waals surface area contributed by atoms with E-state index in [2.05, 4.69) is 0 Å². The van der Waals surface area contributed by atoms with E-state index in [4.69, 9.17) is 9.79 Å². The van der Waals surface area contributed by atoms with E-state index in [0.717, 1.165) is 0 Å². The largest absolute Gasteiger partial charge is 0.330 e. The van der Waals surface area contributed by atoms with Crippen LogP contribution in [0.15, 0.2) is 18.2 Å². The fourth-order valence-electron chi connectivity index (χ4n) is 0.625. The quantitative estimate of drug-likeness (QED) is 0.451. The molecule has 5 heteroatoms. The van der Waals surface area contributed by atoms with Crippen molar-refractivity contribution in [2.45, 2.75) is 0 Å². The van der Waals surface area contributed by atoms with Crippen molar-refractivity contribution in [2.24, 2.45) is 0 Å². The van der Waals surface area contributed by atoms with Gasteiger partial charge in [0.2, 0.25) is 0 Å². The lowest BCUT2D eigenvalue weighted by Crippen LogP contribution is -2.02. The predicted molar refractivity (Wildman–Crippen MR) is 46.4 cm³/mol. The highest BCUT2D eigenvalue weighted by Gasteiger charge is 2.12. The Morgan fingerprint density at radius 3 is 2.40 bits per heavy atom. The van der Waals surface area contributed by atoms with Gasteiger partial charge in [0.15, 0.2) is 0 Å². The molecule has 1 aromatic carbocycles. The molecule has 0 aliphatic rings. The maximum Gasteiger partial charge on any atom is 0.304 e. The van der Waals surface area contributed by atoms with Crippen LogP contribution in [0, 0.1) is 3.57 Å². The number of hydrogen-bond donors (Lipinski definition) is 2. The molecule has 0 aliphatic carbocycles. The van der Waals surface area contributed by atoms with Gasteiger partial charge in [-0.05, 0) is 5.30 Å². The van der Waals surface area contributed by atoms with E-state index < -0.39 is 7.60 Å². The van der Waals surface area contributed by atoms with Crippen molar-refractivity contribution in [1.82, 2.24) is 0 Å². The summed E-state index contributed by atoms with van der Waals surface area (Å²) in [5.41, 5.74) is 0. The zero-order valence-electron chi connectivity index (χ0n) is 4.86. The molecule has 0 saturated heterocycles. The Bertz CT molecular complexity index is 274. The molecule has 56 valence electrons. The van der Waals surface area contributed by atoms with E-state index in [9.17, 15) is 4.57 Å². The lowest BCUT2D eigenvalue weighted by Gasteiger charge is -2.06. The Morgan fingerprint density at radius 1 is 1.60 bits per heavy atom. The minimum absolute atomic E-state index is 0.119. The third-order valence-corrected chi connectivity index (χ3v) is 3.44. The van der Waals surface area contributed by atoms with Crippen molar-refractivity contribution >= 4 is 35.5 Å². The second-order valence-corrected chi connectivity index (χ2v) is 4.54. The highest BCUT2D eigenvalue weighted by atomic mass is 127. The molecular formula is C5H5IO3P-. The highest BCUT2D eigenvalue weighted by molar-refractivity contribution is 14.1. The first-order valence-corrected chi connectivity index (χ1v) is 5.18. The van der Waals surface area contributed by atoms with Crippen LogP contribution in [0.25, 0.3) is 0 Å². The Morgan fingerprint density at radius 2 is 2.20 bits per heavy atom. The molecule has 0 atom stereocenters. The molecule has 1 rings (SSSR count). The molecule has 0 heterocycles. The van der Waals surface area contributed by atoms with Gasteiger partial charge in [0.05, 0.1) is 0 Å². The molecule has 10 heavy (non-hydrogen) atoms. The molecule has 0 spiro atoms. The number of rotatable bonds is 1. The fraction of sp³-hybridized carbons (Fsp3) is 0. The standard InChI is InChI=1S/C5H5IO3P/c6-4-2-1-3-5(4)10(7,8)9/h1-3H,(H2,7,8,9)/q-1. The molecule has 0 fully saturated rings. The number of hydrogen-bond acceptors (Lipinski definition) is 1. The monoisotopic (exact) mass is 271 g/mol. The smallest absolute Gasteiger partial charge is 0.304 e. The summed E-state index contributed by atoms with van der Waals surface area (Å²) in [4.78, 5) is 17.3. The minimum Gasteiger partial charge on any atom is -0.330 e. The molecule has 0 bridgehead atoms. The lowest BCUT2D eigenvalue weighted by molar-refractivity contribution is 0.387. The van der Waals surface area contributed by atoms with Crippen LogP contribution >= 0.6 is 30.2 Å². The second kappa shape index (κ2) is 2.70. The third kappa shape index (κ3) is 1.63. The maximum absolute atomic E-state index is 10.6. The highest BCUT2D eigenvalue weighted by Crippen LogP contribution is 2.35. The summed E-state index contributed by atoms with van der Waals surface area (Å²) in [6, 6.07) is 4.72. The Kier molecular flexibility index (Phi) is 2.24. The normalized spacial score (nSPS) is 11.9. The van der Waals surface area contributed by atoms with Crippen LogP contribution in [-0.2, 0) is 4.57 Å². The van der Waals surface area contributed by atoms with Crippen LogP contribution in [0.1, 0.15) is 0 Å². The van der Waals surface area contributed by atoms with Gasteiger partial charge in [-0.3, -0.25) is 4.57 Å². The van der Waals surface area contributed by atoms with Crippen LogP contribution in [0.4, 0.5) is 0 Å². The van der Waals surface area contributed by atoms with Crippen molar-refractivity contribution in [1.29, 1.82) is 0 Å². The molecule has 0 amide bonds. The average molecular weight is 271 g/mol. The maximum atomic E-state index is 10.6. The van der Waals surface area contributed by atoms with Gasteiger partial charge in [-0.15, -0.1) is 0 Å². The van der Waals surface area contributed by atoms with Gasteiger partial charge in [-0.25, -0.2) is 6.07 Å². The van der Waals surface area contributed by atoms with Crippen LogP contribution in [-0.4, -0.2) is 9.79 Å². The Balaban J connectivity index is 3.18. The zero-order valence-corrected chi connectivity index (χ0v) is 7.91. The first kappa shape index (κ1) is 8.33. The fourth-order valence-corrected chi connectivity index (χ4v) is 2.59. The summed E-state index contributed by atoms with van der Waals surface area (Å²) >= 11 is 1.89. The summed E-state index contributed by atoms with van der Waals surface area (Å²) in [6.07, 6.45) is 0. The lowest BCUT2D eigenvalue weighted by atomic mass is 10.7.